The van der Waals surface area contributed by atoms with E-state index in [-0.39, 0.29) is 0 Å². The minimum absolute atomic E-state index is 1.04. The second-order valence-electron chi connectivity index (χ2n) is 5.79. The summed E-state index contributed by atoms with van der Waals surface area (Å²) in [4.78, 5) is 4.99. The fourth-order valence-corrected chi connectivity index (χ4v) is 4.82. The van der Waals surface area contributed by atoms with Gasteiger partial charge in [-0.05, 0) is 24.3 Å². The minimum Gasteiger partial charge on any atom is -0.246 e. The van der Waals surface area contributed by atoms with E-state index >= 15 is 0 Å². The van der Waals surface area contributed by atoms with Crippen molar-refractivity contribution in [2.24, 2.45) is 0 Å². The zero-order valence-electron chi connectivity index (χ0n) is 12.7. The molecule has 0 atom stereocenters. The summed E-state index contributed by atoms with van der Waals surface area (Å²) in [5.74, 6) is 0. The van der Waals surface area contributed by atoms with Crippen LogP contribution in [-0.4, -0.2) is 4.98 Å². The summed E-state index contributed by atoms with van der Waals surface area (Å²) in [6.07, 6.45) is 0. The van der Waals surface area contributed by atoms with Crippen LogP contribution >= 0.6 is 27.3 Å². The third-order valence-electron chi connectivity index (χ3n) is 4.32. The largest absolute Gasteiger partial charge is 0.246 e. The number of aromatic nitrogens is 1. The quantitative estimate of drug-likeness (QED) is 0.299. The molecule has 1 nitrogen and oxygen atoms in total. The summed E-state index contributed by atoms with van der Waals surface area (Å²) < 4.78 is 3.66. The van der Waals surface area contributed by atoms with Gasteiger partial charge >= 0.3 is 0 Å². The minimum atomic E-state index is 1.04. The van der Waals surface area contributed by atoms with Crippen LogP contribution in [0.15, 0.2) is 77.3 Å². The van der Waals surface area contributed by atoms with E-state index in [9.17, 15) is 0 Å². The third kappa shape index (κ3) is 2.09. The molecule has 0 unspecified atom stereocenters. The molecule has 0 radical (unpaired) electrons. The van der Waals surface area contributed by atoms with Crippen molar-refractivity contribution in [1.29, 1.82) is 0 Å². The number of fused-ring (bicyclic) bond motifs is 5. The van der Waals surface area contributed by atoms with Crippen molar-refractivity contribution in [3.05, 3.63) is 77.3 Å². The second-order valence-corrected chi connectivity index (χ2v) is 7.76. The predicted molar refractivity (Wildman–Crippen MR) is 108 cm³/mol. The lowest BCUT2D eigenvalue weighted by molar-refractivity contribution is 1.44. The van der Waals surface area contributed by atoms with Crippen molar-refractivity contribution in [2.75, 3.05) is 0 Å². The van der Waals surface area contributed by atoms with E-state index < -0.39 is 0 Å². The Morgan fingerprint density at radius 1 is 0.792 bits per heavy atom. The molecule has 0 saturated carbocycles. The summed E-state index contributed by atoms with van der Waals surface area (Å²) in [5.41, 5.74) is 3.28. The molecule has 0 aliphatic heterocycles. The van der Waals surface area contributed by atoms with Gasteiger partial charge in [-0.3, -0.25) is 0 Å². The highest BCUT2D eigenvalue weighted by Crippen LogP contribution is 2.43. The van der Waals surface area contributed by atoms with Crippen LogP contribution in [0, 0.1) is 0 Å². The first-order chi connectivity index (χ1) is 11.8. The van der Waals surface area contributed by atoms with Gasteiger partial charge in [0.15, 0.2) is 0 Å². The summed E-state index contributed by atoms with van der Waals surface area (Å²) in [5, 5.41) is 3.82. The number of pyridine rings is 1. The Balaban J connectivity index is 2.05. The van der Waals surface area contributed by atoms with Crippen LogP contribution in [-0.2, 0) is 0 Å². The number of benzene rings is 3. The predicted octanol–water partition coefficient (Wildman–Crippen LogP) is 7.03. The molecule has 3 heteroatoms. The molecule has 0 N–H and O–H groups in total. The molecule has 0 saturated heterocycles. The number of para-hydroxylation sites is 1. The van der Waals surface area contributed by atoms with E-state index in [4.69, 9.17) is 4.98 Å². The fraction of sp³-hybridized carbons (Fsp3) is 0. The Hall–Kier alpha value is -2.23. The Labute approximate surface area is 151 Å². The van der Waals surface area contributed by atoms with Gasteiger partial charge < -0.3 is 0 Å². The van der Waals surface area contributed by atoms with Crippen LogP contribution in [0.3, 0.4) is 0 Å². The lowest BCUT2D eigenvalue weighted by Gasteiger charge is -2.07. The monoisotopic (exact) mass is 389 g/mol. The highest BCUT2D eigenvalue weighted by molar-refractivity contribution is 9.10. The van der Waals surface area contributed by atoms with Gasteiger partial charge in [-0.1, -0.05) is 64.5 Å². The molecule has 0 aliphatic carbocycles. The van der Waals surface area contributed by atoms with Crippen molar-refractivity contribution < 1.29 is 0 Å². The Kier molecular flexibility index (Phi) is 3.18. The Bertz CT molecular complexity index is 1210. The Morgan fingerprint density at radius 3 is 2.46 bits per heavy atom. The van der Waals surface area contributed by atoms with Gasteiger partial charge in [-0.15, -0.1) is 11.3 Å². The summed E-state index contributed by atoms with van der Waals surface area (Å²) >= 11 is 5.44. The molecule has 0 aliphatic rings. The summed E-state index contributed by atoms with van der Waals surface area (Å²) in [6, 6.07) is 25.4. The Morgan fingerprint density at radius 2 is 1.58 bits per heavy atom. The molecule has 0 fully saturated rings. The molecule has 5 rings (SSSR count). The molecular formula is C21H12BrNS. The molecule has 114 valence electrons. The van der Waals surface area contributed by atoms with Crippen molar-refractivity contribution in [3.8, 4) is 11.3 Å². The van der Waals surface area contributed by atoms with Crippen LogP contribution in [0.2, 0.25) is 0 Å². The topological polar surface area (TPSA) is 12.9 Å². The van der Waals surface area contributed by atoms with E-state index in [1.165, 1.54) is 31.1 Å². The van der Waals surface area contributed by atoms with Gasteiger partial charge in [0.1, 0.15) is 0 Å². The lowest BCUT2D eigenvalue weighted by Crippen LogP contribution is -1.86. The first kappa shape index (κ1) is 14.1. The van der Waals surface area contributed by atoms with Crippen LogP contribution < -0.4 is 0 Å². The molecule has 0 bridgehead atoms. The van der Waals surface area contributed by atoms with E-state index in [0.29, 0.717) is 0 Å². The molecular weight excluding hydrogens is 378 g/mol. The van der Waals surface area contributed by atoms with Crippen molar-refractivity contribution in [3.63, 3.8) is 0 Å². The molecule has 2 heterocycles. The van der Waals surface area contributed by atoms with Crippen molar-refractivity contribution >= 4 is 58.3 Å². The van der Waals surface area contributed by atoms with Gasteiger partial charge in [0.05, 0.1) is 15.9 Å². The number of thiophene rings is 1. The first-order valence-corrected chi connectivity index (χ1v) is 9.38. The number of nitrogens with zero attached hydrogens (tertiary/aromatic N) is 1. The molecule has 0 amide bonds. The number of hydrogen-bond donors (Lipinski definition) is 0. The lowest BCUT2D eigenvalue weighted by atomic mass is 10.0. The molecule has 3 aromatic carbocycles. The number of rotatable bonds is 1. The van der Waals surface area contributed by atoms with E-state index in [2.05, 4.69) is 82.7 Å². The first-order valence-electron chi connectivity index (χ1n) is 7.77. The number of hydrogen-bond acceptors (Lipinski definition) is 2. The molecule has 24 heavy (non-hydrogen) atoms. The maximum atomic E-state index is 4.99. The SMILES string of the molecule is Brc1ccc2sc3c(-c4ccccc4)nc4ccccc4c3c2c1. The zero-order valence-corrected chi connectivity index (χ0v) is 15.1. The van der Waals surface area contributed by atoms with Gasteiger partial charge in [0, 0.05) is 30.9 Å². The smallest absolute Gasteiger partial charge is 0.0888 e. The standard InChI is InChI=1S/C21H12BrNS/c22-14-10-11-18-16(12-14)19-15-8-4-5-9-17(15)23-20(21(19)24-18)13-6-2-1-3-7-13/h1-12H. The van der Waals surface area contributed by atoms with Gasteiger partial charge in [0.25, 0.3) is 0 Å². The molecule has 5 aromatic rings. The maximum absolute atomic E-state index is 4.99. The highest BCUT2D eigenvalue weighted by Gasteiger charge is 2.15. The van der Waals surface area contributed by atoms with Crippen LogP contribution in [0.1, 0.15) is 0 Å². The number of halogens is 1. The fourth-order valence-electron chi connectivity index (χ4n) is 3.25. The maximum Gasteiger partial charge on any atom is 0.0888 e. The van der Waals surface area contributed by atoms with Crippen LogP contribution in [0.5, 0.6) is 0 Å². The second kappa shape index (κ2) is 5.40. The summed E-state index contributed by atoms with van der Waals surface area (Å²) in [6.45, 7) is 0. The average molecular weight is 390 g/mol. The summed E-state index contributed by atoms with van der Waals surface area (Å²) in [7, 11) is 0. The highest BCUT2D eigenvalue weighted by atomic mass is 79.9. The van der Waals surface area contributed by atoms with Crippen LogP contribution in [0.25, 0.3) is 42.3 Å². The van der Waals surface area contributed by atoms with Crippen molar-refractivity contribution in [2.45, 2.75) is 0 Å². The van der Waals surface area contributed by atoms with E-state index in [1.54, 1.807) is 0 Å². The van der Waals surface area contributed by atoms with Gasteiger partial charge in [-0.25, -0.2) is 4.98 Å². The van der Waals surface area contributed by atoms with Crippen LogP contribution in [0.4, 0.5) is 0 Å². The van der Waals surface area contributed by atoms with Crippen molar-refractivity contribution in [1.82, 2.24) is 4.98 Å². The molecule has 0 spiro atoms. The zero-order chi connectivity index (χ0) is 16.1. The molecule has 2 aromatic heterocycles. The third-order valence-corrected chi connectivity index (χ3v) is 5.99. The normalized spacial score (nSPS) is 11.5. The van der Waals surface area contributed by atoms with E-state index in [0.717, 1.165) is 15.7 Å². The van der Waals surface area contributed by atoms with Gasteiger partial charge in [-0.2, -0.15) is 0 Å². The van der Waals surface area contributed by atoms with Gasteiger partial charge in [0.2, 0.25) is 0 Å². The van der Waals surface area contributed by atoms with E-state index in [1.807, 2.05) is 17.4 Å². The average Bonchev–Trinajstić information content (AvgIpc) is 3.01.